The minimum Gasteiger partial charge on any atom is -0.488 e. The minimum absolute atomic E-state index is 0.0531. The summed E-state index contributed by atoms with van der Waals surface area (Å²) in [7, 11) is 0. The fourth-order valence-electron chi connectivity index (χ4n) is 1.95. The summed E-state index contributed by atoms with van der Waals surface area (Å²) in [6, 6.07) is 8.35. The summed E-state index contributed by atoms with van der Waals surface area (Å²) < 4.78 is 5.70. The maximum atomic E-state index is 10.8. The monoisotopic (exact) mass is 307 g/mol. The Morgan fingerprint density at radius 3 is 2.62 bits per heavy atom. The SMILES string of the molecule is CCc1ccc(COc2ccc([N+](=O)[O-])cc2C(C)O)s1. The van der Waals surface area contributed by atoms with E-state index < -0.39 is 11.0 Å². The van der Waals surface area contributed by atoms with Crippen LogP contribution >= 0.6 is 11.3 Å². The molecule has 0 saturated carbocycles. The number of aliphatic hydroxyl groups excluding tert-OH is 1. The van der Waals surface area contributed by atoms with E-state index in [-0.39, 0.29) is 5.69 Å². The van der Waals surface area contributed by atoms with Gasteiger partial charge in [0.1, 0.15) is 12.4 Å². The van der Waals surface area contributed by atoms with Crippen LogP contribution in [0, 0.1) is 10.1 Å². The van der Waals surface area contributed by atoms with Crippen molar-refractivity contribution in [2.75, 3.05) is 0 Å². The molecule has 1 heterocycles. The zero-order chi connectivity index (χ0) is 15.4. The van der Waals surface area contributed by atoms with E-state index in [2.05, 4.69) is 13.0 Å². The summed E-state index contributed by atoms with van der Waals surface area (Å²) >= 11 is 1.68. The molecule has 0 spiro atoms. The maximum Gasteiger partial charge on any atom is 0.270 e. The molecular formula is C15H17NO4S. The molecule has 0 fully saturated rings. The van der Waals surface area contributed by atoms with Crippen molar-refractivity contribution in [1.29, 1.82) is 0 Å². The minimum atomic E-state index is -0.825. The van der Waals surface area contributed by atoms with Crippen molar-refractivity contribution < 1.29 is 14.8 Å². The van der Waals surface area contributed by atoms with Gasteiger partial charge in [0.2, 0.25) is 0 Å². The van der Waals surface area contributed by atoms with Gasteiger partial charge in [0, 0.05) is 27.5 Å². The average Bonchev–Trinajstić information content (AvgIpc) is 2.92. The molecule has 0 saturated heterocycles. The predicted octanol–water partition coefficient (Wildman–Crippen LogP) is 3.85. The summed E-state index contributed by atoms with van der Waals surface area (Å²) in [5.41, 5.74) is 0.374. The van der Waals surface area contributed by atoms with Gasteiger partial charge in [-0.05, 0) is 31.5 Å². The molecule has 1 unspecified atom stereocenters. The van der Waals surface area contributed by atoms with E-state index in [0.717, 1.165) is 11.3 Å². The molecule has 0 aliphatic heterocycles. The lowest BCUT2D eigenvalue weighted by atomic mass is 10.1. The fourth-order valence-corrected chi connectivity index (χ4v) is 2.82. The van der Waals surface area contributed by atoms with Crippen LogP contribution in [-0.2, 0) is 13.0 Å². The topological polar surface area (TPSA) is 72.6 Å². The average molecular weight is 307 g/mol. The zero-order valence-electron chi connectivity index (χ0n) is 11.9. The number of aliphatic hydroxyl groups is 1. The van der Waals surface area contributed by atoms with Gasteiger partial charge in [-0.3, -0.25) is 10.1 Å². The quantitative estimate of drug-likeness (QED) is 0.650. The molecule has 0 aliphatic rings. The lowest BCUT2D eigenvalue weighted by molar-refractivity contribution is -0.385. The maximum absolute atomic E-state index is 10.8. The van der Waals surface area contributed by atoms with Crippen molar-refractivity contribution in [3.63, 3.8) is 0 Å². The molecule has 1 aromatic heterocycles. The van der Waals surface area contributed by atoms with Crippen molar-refractivity contribution in [3.8, 4) is 5.75 Å². The Morgan fingerprint density at radius 2 is 2.05 bits per heavy atom. The van der Waals surface area contributed by atoms with Crippen molar-refractivity contribution in [3.05, 3.63) is 55.8 Å². The number of ether oxygens (including phenoxy) is 1. The van der Waals surface area contributed by atoms with Crippen LogP contribution in [0.15, 0.2) is 30.3 Å². The molecule has 2 aromatic rings. The third kappa shape index (κ3) is 3.80. The van der Waals surface area contributed by atoms with Gasteiger partial charge in [-0.15, -0.1) is 11.3 Å². The Bertz CT molecular complexity index is 636. The van der Waals surface area contributed by atoms with Gasteiger partial charge >= 0.3 is 0 Å². The van der Waals surface area contributed by atoms with Crippen LogP contribution in [0.2, 0.25) is 0 Å². The lowest BCUT2D eigenvalue weighted by Gasteiger charge is -2.12. The highest BCUT2D eigenvalue weighted by Crippen LogP contribution is 2.30. The summed E-state index contributed by atoms with van der Waals surface area (Å²) in [5.74, 6) is 0.474. The number of hydrogen-bond acceptors (Lipinski definition) is 5. The van der Waals surface area contributed by atoms with Gasteiger partial charge in [-0.25, -0.2) is 0 Å². The van der Waals surface area contributed by atoms with Crippen LogP contribution in [0.1, 0.15) is 35.3 Å². The second kappa shape index (κ2) is 6.69. The third-order valence-corrected chi connectivity index (χ3v) is 4.29. The zero-order valence-corrected chi connectivity index (χ0v) is 12.7. The lowest BCUT2D eigenvalue weighted by Crippen LogP contribution is -2.01. The fraction of sp³-hybridized carbons (Fsp3) is 0.333. The molecule has 21 heavy (non-hydrogen) atoms. The normalized spacial score (nSPS) is 12.1. The van der Waals surface area contributed by atoms with Gasteiger partial charge < -0.3 is 9.84 Å². The van der Waals surface area contributed by atoms with E-state index >= 15 is 0 Å². The van der Waals surface area contributed by atoms with E-state index in [1.807, 2.05) is 6.07 Å². The molecule has 0 amide bonds. The van der Waals surface area contributed by atoms with Gasteiger partial charge in [0.15, 0.2) is 0 Å². The first-order valence-corrected chi connectivity index (χ1v) is 7.49. The van der Waals surface area contributed by atoms with Crippen LogP contribution < -0.4 is 4.74 Å². The molecular weight excluding hydrogens is 290 g/mol. The largest absolute Gasteiger partial charge is 0.488 e. The molecule has 0 radical (unpaired) electrons. The Kier molecular flexibility index (Phi) is 4.93. The predicted molar refractivity (Wildman–Crippen MR) is 81.8 cm³/mol. The molecule has 1 atom stereocenters. The molecule has 1 N–H and O–H groups in total. The van der Waals surface area contributed by atoms with Crippen LogP contribution in [0.25, 0.3) is 0 Å². The first-order chi connectivity index (χ1) is 10.0. The van der Waals surface area contributed by atoms with E-state index in [1.165, 1.54) is 23.1 Å². The van der Waals surface area contributed by atoms with Crippen LogP contribution in [0.5, 0.6) is 5.75 Å². The van der Waals surface area contributed by atoms with Gasteiger partial charge in [0.05, 0.1) is 11.0 Å². The molecule has 2 rings (SSSR count). The number of thiophene rings is 1. The Balaban J connectivity index is 2.17. The van der Waals surface area contributed by atoms with Gasteiger partial charge in [0.25, 0.3) is 5.69 Å². The molecule has 5 nitrogen and oxygen atoms in total. The Labute approximate surface area is 127 Å². The van der Waals surface area contributed by atoms with Crippen molar-refractivity contribution in [1.82, 2.24) is 0 Å². The Morgan fingerprint density at radius 1 is 1.33 bits per heavy atom. The summed E-state index contributed by atoms with van der Waals surface area (Å²) in [5, 5.41) is 20.5. The number of benzene rings is 1. The highest BCUT2D eigenvalue weighted by Gasteiger charge is 2.15. The highest BCUT2D eigenvalue weighted by atomic mass is 32.1. The highest BCUT2D eigenvalue weighted by molar-refractivity contribution is 7.11. The number of non-ortho nitro benzene ring substituents is 1. The number of hydrogen-bond donors (Lipinski definition) is 1. The number of rotatable bonds is 6. The number of nitro benzene ring substituents is 1. The van der Waals surface area contributed by atoms with Crippen molar-refractivity contribution in [2.24, 2.45) is 0 Å². The molecule has 1 aromatic carbocycles. The number of nitrogens with zero attached hydrogens (tertiary/aromatic N) is 1. The second-order valence-corrected chi connectivity index (χ2v) is 5.92. The molecule has 112 valence electrons. The molecule has 0 aliphatic carbocycles. The van der Waals surface area contributed by atoms with Crippen LogP contribution in [-0.4, -0.2) is 10.0 Å². The Hall–Kier alpha value is -1.92. The van der Waals surface area contributed by atoms with E-state index in [0.29, 0.717) is 17.9 Å². The van der Waals surface area contributed by atoms with Crippen LogP contribution in [0.4, 0.5) is 5.69 Å². The van der Waals surface area contributed by atoms with Crippen LogP contribution in [0.3, 0.4) is 0 Å². The summed E-state index contributed by atoms with van der Waals surface area (Å²) in [6.07, 6.45) is 0.163. The number of aryl methyl sites for hydroxylation is 1. The van der Waals surface area contributed by atoms with E-state index in [4.69, 9.17) is 4.74 Å². The molecule has 0 bridgehead atoms. The second-order valence-electron chi connectivity index (χ2n) is 4.67. The molecule has 6 heteroatoms. The van der Waals surface area contributed by atoms with E-state index in [1.54, 1.807) is 18.3 Å². The number of nitro groups is 1. The summed E-state index contributed by atoms with van der Waals surface area (Å²) in [6.45, 7) is 4.05. The first kappa shape index (κ1) is 15.5. The van der Waals surface area contributed by atoms with Crippen molar-refractivity contribution in [2.45, 2.75) is 33.0 Å². The smallest absolute Gasteiger partial charge is 0.270 e. The van der Waals surface area contributed by atoms with Gasteiger partial charge in [-0.2, -0.15) is 0 Å². The van der Waals surface area contributed by atoms with Crippen molar-refractivity contribution >= 4 is 17.0 Å². The summed E-state index contributed by atoms with van der Waals surface area (Å²) in [4.78, 5) is 12.7. The van der Waals surface area contributed by atoms with Gasteiger partial charge in [-0.1, -0.05) is 6.92 Å². The third-order valence-electron chi connectivity index (χ3n) is 3.09. The van der Waals surface area contributed by atoms with E-state index in [9.17, 15) is 15.2 Å². The standard InChI is InChI=1S/C15H17NO4S/c1-3-12-5-6-13(21-12)9-20-15-7-4-11(16(18)19)8-14(15)10(2)17/h4-8,10,17H,3,9H2,1-2H3. The first-order valence-electron chi connectivity index (χ1n) is 6.68.